The minimum absolute atomic E-state index is 0.0167. The highest BCUT2D eigenvalue weighted by atomic mass is 16.5. The third-order valence-electron chi connectivity index (χ3n) is 6.15. The first kappa shape index (κ1) is 24.2. The summed E-state index contributed by atoms with van der Waals surface area (Å²) in [6.07, 6.45) is -0.596. The Kier molecular flexibility index (Phi) is 7.61. The molecule has 2 unspecified atom stereocenters. The zero-order valence-electron chi connectivity index (χ0n) is 19.0. The van der Waals surface area contributed by atoms with Crippen molar-refractivity contribution >= 4 is 23.9 Å². The van der Waals surface area contributed by atoms with Gasteiger partial charge in [-0.3, -0.25) is 14.4 Å². The van der Waals surface area contributed by atoms with Gasteiger partial charge in [0.05, 0.1) is 13.2 Å². The van der Waals surface area contributed by atoms with Crippen molar-refractivity contribution in [2.24, 2.45) is 5.92 Å². The molecule has 1 aliphatic carbocycles. The average Bonchev–Trinajstić information content (AvgIpc) is 3.37. The lowest BCUT2D eigenvalue weighted by Crippen LogP contribution is -2.45. The molecule has 1 saturated heterocycles. The van der Waals surface area contributed by atoms with Gasteiger partial charge in [-0.2, -0.15) is 0 Å². The minimum atomic E-state index is -1.15. The van der Waals surface area contributed by atoms with E-state index in [0.29, 0.717) is 0 Å². The van der Waals surface area contributed by atoms with Crippen LogP contribution in [0.15, 0.2) is 48.5 Å². The summed E-state index contributed by atoms with van der Waals surface area (Å²) < 4.78 is 10.8. The van der Waals surface area contributed by atoms with Crippen molar-refractivity contribution in [3.8, 4) is 11.1 Å². The molecule has 3 amide bonds. The molecule has 35 heavy (non-hydrogen) atoms. The van der Waals surface area contributed by atoms with Crippen molar-refractivity contribution in [2.75, 3.05) is 32.9 Å². The number of carboxylic acid groups (broad SMARTS) is 1. The normalized spacial score (nSPS) is 18.3. The van der Waals surface area contributed by atoms with Gasteiger partial charge in [-0.25, -0.2) is 4.79 Å². The SMILES string of the molecule is O=C(CCOCCNC(=O)OCC1c2ccccc2-c2ccccc21)NC1C(=O)NCC1C(=O)O. The third-order valence-corrected chi connectivity index (χ3v) is 6.15. The van der Waals surface area contributed by atoms with E-state index >= 15 is 0 Å². The quantitative estimate of drug-likeness (QED) is 0.374. The minimum Gasteiger partial charge on any atom is -0.481 e. The molecular weight excluding hydrogens is 454 g/mol. The molecule has 2 aliphatic rings. The molecule has 4 rings (SSSR count). The molecule has 0 spiro atoms. The number of rotatable bonds is 10. The molecule has 2 aromatic carbocycles. The number of fused-ring (bicyclic) bond motifs is 3. The molecule has 1 heterocycles. The number of nitrogens with one attached hydrogen (secondary N) is 3. The van der Waals surface area contributed by atoms with Crippen molar-refractivity contribution in [3.63, 3.8) is 0 Å². The fourth-order valence-corrected chi connectivity index (χ4v) is 4.40. The van der Waals surface area contributed by atoms with Crippen LogP contribution in [0, 0.1) is 5.92 Å². The number of carbonyl (C=O) groups excluding carboxylic acids is 3. The number of amides is 3. The van der Waals surface area contributed by atoms with Gasteiger partial charge in [0.1, 0.15) is 18.6 Å². The Labute approximate surface area is 202 Å². The predicted octanol–water partition coefficient (Wildman–Crippen LogP) is 1.25. The number of carbonyl (C=O) groups is 4. The lowest BCUT2D eigenvalue weighted by Gasteiger charge is -2.15. The monoisotopic (exact) mass is 481 g/mol. The van der Waals surface area contributed by atoms with Crippen LogP contribution >= 0.6 is 0 Å². The van der Waals surface area contributed by atoms with Crippen molar-refractivity contribution in [3.05, 3.63) is 59.7 Å². The summed E-state index contributed by atoms with van der Waals surface area (Å²) in [4.78, 5) is 47.0. The van der Waals surface area contributed by atoms with Gasteiger partial charge in [-0.1, -0.05) is 48.5 Å². The number of alkyl carbamates (subject to hydrolysis) is 1. The summed E-state index contributed by atoms with van der Waals surface area (Å²) in [5, 5.41) is 16.6. The van der Waals surface area contributed by atoms with Gasteiger partial charge in [0.25, 0.3) is 0 Å². The van der Waals surface area contributed by atoms with Crippen LogP contribution in [0.25, 0.3) is 11.1 Å². The molecule has 10 nitrogen and oxygen atoms in total. The molecule has 2 aromatic rings. The zero-order chi connectivity index (χ0) is 24.8. The van der Waals surface area contributed by atoms with E-state index in [0.717, 1.165) is 22.3 Å². The maximum absolute atomic E-state index is 12.1. The molecule has 0 bridgehead atoms. The summed E-state index contributed by atoms with van der Waals surface area (Å²) in [7, 11) is 0. The molecule has 0 aromatic heterocycles. The average molecular weight is 482 g/mol. The number of hydrogen-bond acceptors (Lipinski definition) is 6. The Morgan fingerprint density at radius 2 is 1.66 bits per heavy atom. The summed E-state index contributed by atoms with van der Waals surface area (Å²) in [5.74, 6) is -3.16. The van der Waals surface area contributed by atoms with E-state index in [9.17, 15) is 19.2 Å². The lowest BCUT2D eigenvalue weighted by atomic mass is 9.98. The summed E-state index contributed by atoms with van der Waals surface area (Å²) in [6, 6.07) is 15.1. The number of ether oxygens (including phenoxy) is 2. The Morgan fingerprint density at radius 3 is 2.31 bits per heavy atom. The highest BCUT2D eigenvalue weighted by Crippen LogP contribution is 2.44. The third kappa shape index (κ3) is 5.60. The van der Waals surface area contributed by atoms with Crippen LogP contribution in [0.3, 0.4) is 0 Å². The number of aliphatic carboxylic acids is 1. The predicted molar refractivity (Wildman–Crippen MR) is 125 cm³/mol. The highest BCUT2D eigenvalue weighted by Gasteiger charge is 2.40. The molecule has 0 radical (unpaired) electrons. The van der Waals surface area contributed by atoms with Gasteiger partial charge in [-0.05, 0) is 22.3 Å². The Morgan fingerprint density at radius 1 is 1.00 bits per heavy atom. The Hall–Kier alpha value is -3.92. The van der Waals surface area contributed by atoms with Crippen LogP contribution < -0.4 is 16.0 Å². The van der Waals surface area contributed by atoms with Crippen LogP contribution in [-0.4, -0.2) is 67.9 Å². The molecule has 1 aliphatic heterocycles. The molecular formula is C25H27N3O7. The Balaban J connectivity index is 1.13. The standard InChI is InChI=1S/C25H27N3O7/c29-21(28-22-19(24(31)32)13-27-23(22)30)9-11-34-12-10-26-25(33)35-14-20-17-7-3-1-5-15(17)16-6-2-4-8-18(16)20/h1-8,19-20,22H,9-14H2,(H,26,33)(H,27,30)(H,28,29)(H,31,32). The van der Waals surface area contributed by atoms with E-state index in [-0.39, 0.29) is 45.2 Å². The first-order valence-corrected chi connectivity index (χ1v) is 11.4. The van der Waals surface area contributed by atoms with Gasteiger partial charge < -0.3 is 30.5 Å². The van der Waals surface area contributed by atoms with E-state index < -0.39 is 35.8 Å². The molecule has 1 fully saturated rings. The molecule has 10 heteroatoms. The van der Waals surface area contributed by atoms with Gasteiger partial charge in [0.15, 0.2) is 0 Å². The number of hydrogen-bond donors (Lipinski definition) is 4. The van der Waals surface area contributed by atoms with Gasteiger partial charge in [0.2, 0.25) is 11.8 Å². The van der Waals surface area contributed by atoms with Crippen LogP contribution in [0.1, 0.15) is 23.5 Å². The summed E-state index contributed by atoms with van der Waals surface area (Å²) in [6.45, 7) is 0.623. The van der Waals surface area contributed by atoms with Crippen molar-refractivity contribution in [2.45, 2.75) is 18.4 Å². The first-order chi connectivity index (χ1) is 17.0. The van der Waals surface area contributed by atoms with Crippen molar-refractivity contribution in [1.82, 2.24) is 16.0 Å². The summed E-state index contributed by atoms with van der Waals surface area (Å²) in [5.41, 5.74) is 4.57. The number of benzene rings is 2. The van der Waals surface area contributed by atoms with E-state index in [1.165, 1.54) is 0 Å². The maximum atomic E-state index is 12.1. The first-order valence-electron chi connectivity index (χ1n) is 11.4. The summed E-state index contributed by atoms with van der Waals surface area (Å²) >= 11 is 0. The van der Waals surface area contributed by atoms with E-state index in [2.05, 4.69) is 28.1 Å². The van der Waals surface area contributed by atoms with Crippen LogP contribution in [-0.2, 0) is 23.9 Å². The fraction of sp³-hybridized carbons (Fsp3) is 0.360. The van der Waals surface area contributed by atoms with Gasteiger partial charge in [-0.15, -0.1) is 0 Å². The highest BCUT2D eigenvalue weighted by molar-refractivity contribution is 5.94. The van der Waals surface area contributed by atoms with Crippen molar-refractivity contribution < 1.29 is 33.8 Å². The molecule has 4 N–H and O–H groups in total. The smallest absolute Gasteiger partial charge is 0.407 e. The van der Waals surface area contributed by atoms with Gasteiger partial charge in [0, 0.05) is 25.4 Å². The second kappa shape index (κ2) is 11.0. The molecule has 2 atom stereocenters. The zero-order valence-corrected chi connectivity index (χ0v) is 19.0. The van der Waals surface area contributed by atoms with Crippen LogP contribution in [0.2, 0.25) is 0 Å². The molecule has 184 valence electrons. The Bertz CT molecular complexity index is 1070. The topological polar surface area (TPSA) is 143 Å². The van der Waals surface area contributed by atoms with Crippen LogP contribution in [0.4, 0.5) is 4.79 Å². The van der Waals surface area contributed by atoms with E-state index in [1.54, 1.807) is 0 Å². The maximum Gasteiger partial charge on any atom is 0.407 e. The molecule has 0 saturated carbocycles. The second-order valence-corrected chi connectivity index (χ2v) is 8.35. The van der Waals surface area contributed by atoms with Gasteiger partial charge >= 0.3 is 12.1 Å². The van der Waals surface area contributed by atoms with E-state index in [1.807, 2.05) is 36.4 Å². The van der Waals surface area contributed by atoms with E-state index in [4.69, 9.17) is 14.6 Å². The fourth-order valence-electron chi connectivity index (χ4n) is 4.40. The van der Waals surface area contributed by atoms with Crippen LogP contribution in [0.5, 0.6) is 0 Å². The number of carboxylic acids is 1. The largest absolute Gasteiger partial charge is 0.481 e. The lowest BCUT2D eigenvalue weighted by molar-refractivity contribution is -0.143. The second-order valence-electron chi connectivity index (χ2n) is 8.35. The van der Waals surface area contributed by atoms with Crippen molar-refractivity contribution in [1.29, 1.82) is 0 Å².